The molecule has 5 heteroatoms. The van der Waals surface area contributed by atoms with Gasteiger partial charge in [-0.2, -0.15) is 0 Å². The molecule has 1 unspecified atom stereocenters. The zero-order chi connectivity index (χ0) is 19.0. The Morgan fingerprint density at radius 1 is 1.19 bits per heavy atom. The standard InChI is InChI=1S/C22H23N3O2/c1-15-5-3-6-16(11-15)18-7-4-10-25(13-18)21(26)17-8-9-19-20(12-17)23-14-24(2)22(19)27/h3,5-6,8-9,11-12,14,18H,4,7,10,13H2,1-2H3. The van der Waals surface area contributed by atoms with E-state index in [2.05, 4.69) is 36.2 Å². The first-order valence-electron chi connectivity index (χ1n) is 9.34. The van der Waals surface area contributed by atoms with E-state index in [9.17, 15) is 9.59 Å². The molecule has 0 spiro atoms. The van der Waals surface area contributed by atoms with E-state index in [1.165, 1.54) is 22.0 Å². The van der Waals surface area contributed by atoms with E-state index < -0.39 is 0 Å². The van der Waals surface area contributed by atoms with Gasteiger partial charge in [0.1, 0.15) is 0 Å². The van der Waals surface area contributed by atoms with E-state index in [1.807, 2.05) is 4.90 Å². The number of likely N-dealkylation sites (tertiary alicyclic amines) is 1. The van der Waals surface area contributed by atoms with E-state index in [-0.39, 0.29) is 11.5 Å². The summed E-state index contributed by atoms with van der Waals surface area (Å²) in [6.07, 6.45) is 3.59. The van der Waals surface area contributed by atoms with E-state index in [0.717, 1.165) is 25.9 Å². The first-order chi connectivity index (χ1) is 13.0. The molecule has 2 heterocycles. The van der Waals surface area contributed by atoms with Crippen LogP contribution in [0.15, 0.2) is 53.6 Å². The monoisotopic (exact) mass is 361 g/mol. The molecule has 1 fully saturated rings. The molecular formula is C22H23N3O2. The smallest absolute Gasteiger partial charge is 0.260 e. The summed E-state index contributed by atoms with van der Waals surface area (Å²) in [5.41, 5.74) is 3.61. The SMILES string of the molecule is Cc1cccc(C2CCCN(C(=O)c3ccc4c(=O)n(C)cnc4c3)C2)c1. The molecule has 1 aromatic heterocycles. The lowest BCUT2D eigenvalue weighted by atomic mass is 9.89. The first-order valence-corrected chi connectivity index (χ1v) is 9.34. The third-order valence-electron chi connectivity index (χ3n) is 5.39. The largest absolute Gasteiger partial charge is 0.338 e. The van der Waals surface area contributed by atoms with Crippen molar-refractivity contribution < 1.29 is 4.79 Å². The third-order valence-corrected chi connectivity index (χ3v) is 5.39. The number of rotatable bonds is 2. The van der Waals surface area contributed by atoms with E-state index in [0.29, 0.717) is 22.4 Å². The maximum Gasteiger partial charge on any atom is 0.260 e. The van der Waals surface area contributed by atoms with Crippen LogP contribution >= 0.6 is 0 Å². The van der Waals surface area contributed by atoms with Gasteiger partial charge in [-0.15, -0.1) is 0 Å². The number of carbonyl (C=O) groups is 1. The van der Waals surface area contributed by atoms with E-state index in [4.69, 9.17) is 0 Å². The van der Waals surface area contributed by atoms with Crippen LogP contribution in [0, 0.1) is 6.92 Å². The average molecular weight is 361 g/mol. The number of nitrogens with zero attached hydrogens (tertiary/aromatic N) is 3. The molecule has 1 atom stereocenters. The Hall–Kier alpha value is -2.95. The van der Waals surface area contributed by atoms with Crippen LogP contribution in [0.25, 0.3) is 10.9 Å². The second kappa shape index (κ2) is 6.99. The number of aryl methyl sites for hydroxylation is 2. The maximum absolute atomic E-state index is 13.1. The van der Waals surface area contributed by atoms with E-state index >= 15 is 0 Å². The minimum atomic E-state index is -0.100. The lowest BCUT2D eigenvalue weighted by Crippen LogP contribution is -2.39. The van der Waals surface area contributed by atoms with Gasteiger partial charge in [0.15, 0.2) is 0 Å². The van der Waals surface area contributed by atoms with Crippen molar-refractivity contribution in [3.8, 4) is 0 Å². The van der Waals surface area contributed by atoms with Crippen molar-refractivity contribution >= 4 is 16.8 Å². The summed E-state index contributed by atoms with van der Waals surface area (Å²) >= 11 is 0. The lowest BCUT2D eigenvalue weighted by Gasteiger charge is -2.33. The lowest BCUT2D eigenvalue weighted by molar-refractivity contribution is 0.0707. The number of amides is 1. The number of hydrogen-bond donors (Lipinski definition) is 0. The van der Waals surface area contributed by atoms with Crippen molar-refractivity contribution in [3.05, 3.63) is 75.8 Å². The first kappa shape index (κ1) is 17.5. The molecule has 0 saturated carbocycles. The Labute approximate surface area is 158 Å². The highest BCUT2D eigenvalue weighted by atomic mass is 16.2. The minimum absolute atomic E-state index is 0.0109. The molecule has 0 bridgehead atoms. The van der Waals surface area contributed by atoms with Gasteiger partial charge in [0, 0.05) is 31.6 Å². The Morgan fingerprint density at radius 2 is 2.04 bits per heavy atom. The Balaban J connectivity index is 1.59. The van der Waals surface area contributed by atoms with Crippen molar-refractivity contribution in [1.29, 1.82) is 0 Å². The molecule has 0 radical (unpaired) electrons. The summed E-state index contributed by atoms with van der Waals surface area (Å²) in [5.74, 6) is 0.380. The fraction of sp³-hybridized carbons (Fsp3) is 0.318. The Morgan fingerprint density at radius 3 is 2.85 bits per heavy atom. The van der Waals surface area contributed by atoms with Crippen LogP contribution in [0.2, 0.25) is 0 Å². The molecular weight excluding hydrogens is 338 g/mol. The van der Waals surface area contributed by atoms with Crippen LogP contribution in [-0.4, -0.2) is 33.4 Å². The van der Waals surface area contributed by atoms with Gasteiger partial charge >= 0.3 is 0 Å². The zero-order valence-corrected chi connectivity index (χ0v) is 15.7. The minimum Gasteiger partial charge on any atom is -0.338 e. The maximum atomic E-state index is 13.1. The molecule has 138 valence electrons. The van der Waals surface area contributed by atoms with Gasteiger partial charge in [-0.25, -0.2) is 4.98 Å². The highest BCUT2D eigenvalue weighted by molar-refractivity contribution is 5.97. The van der Waals surface area contributed by atoms with Crippen LogP contribution < -0.4 is 5.56 Å². The van der Waals surface area contributed by atoms with Gasteiger partial charge in [0.05, 0.1) is 17.2 Å². The van der Waals surface area contributed by atoms with Crippen LogP contribution in [0.4, 0.5) is 0 Å². The molecule has 27 heavy (non-hydrogen) atoms. The summed E-state index contributed by atoms with van der Waals surface area (Å²) in [7, 11) is 1.67. The molecule has 2 aromatic carbocycles. The zero-order valence-electron chi connectivity index (χ0n) is 15.7. The normalized spacial score (nSPS) is 17.3. The van der Waals surface area contributed by atoms with Gasteiger partial charge in [0.25, 0.3) is 11.5 Å². The third kappa shape index (κ3) is 3.37. The van der Waals surface area contributed by atoms with Gasteiger partial charge in [0.2, 0.25) is 0 Å². The van der Waals surface area contributed by atoms with Crippen molar-refractivity contribution in [2.45, 2.75) is 25.7 Å². The number of fused-ring (bicyclic) bond motifs is 1. The molecule has 3 aromatic rings. The van der Waals surface area contributed by atoms with Gasteiger partial charge in [-0.05, 0) is 43.5 Å². The molecule has 0 aliphatic carbocycles. The fourth-order valence-corrected chi connectivity index (χ4v) is 3.88. The predicted molar refractivity (Wildman–Crippen MR) is 106 cm³/mol. The Bertz CT molecular complexity index is 1070. The predicted octanol–water partition coefficient (Wildman–Crippen LogP) is 3.26. The second-order valence-electron chi connectivity index (χ2n) is 7.40. The van der Waals surface area contributed by atoms with Gasteiger partial charge in [-0.3, -0.25) is 9.59 Å². The summed E-state index contributed by atoms with van der Waals surface area (Å²) in [4.78, 5) is 31.4. The molecule has 1 saturated heterocycles. The molecule has 0 N–H and O–H groups in total. The summed E-state index contributed by atoms with van der Waals surface area (Å²) < 4.78 is 1.45. The number of carbonyl (C=O) groups excluding carboxylic acids is 1. The molecule has 5 nitrogen and oxygen atoms in total. The highest BCUT2D eigenvalue weighted by Crippen LogP contribution is 2.28. The number of hydrogen-bond acceptors (Lipinski definition) is 3. The van der Waals surface area contributed by atoms with E-state index in [1.54, 1.807) is 25.2 Å². The highest BCUT2D eigenvalue weighted by Gasteiger charge is 2.25. The molecule has 1 amide bonds. The number of aromatic nitrogens is 2. The molecule has 1 aliphatic heterocycles. The number of benzene rings is 2. The van der Waals surface area contributed by atoms with Crippen molar-refractivity contribution in [1.82, 2.24) is 14.5 Å². The molecule has 4 rings (SSSR count). The van der Waals surface area contributed by atoms with Crippen LogP contribution in [-0.2, 0) is 7.05 Å². The topological polar surface area (TPSA) is 55.2 Å². The van der Waals surface area contributed by atoms with Gasteiger partial charge < -0.3 is 9.47 Å². The summed E-state index contributed by atoms with van der Waals surface area (Å²) in [5, 5.41) is 0.535. The summed E-state index contributed by atoms with van der Waals surface area (Å²) in [6, 6.07) is 13.7. The Kier molecular flexibility index (Phi) is 4.52. The number of piperidine rings is 1. The van der Waals surface area contributed by atoms with Crippen molar-refractivity contribution in [2.24, 2.45) is 7.05 Å². The average Bonchev–Trinajstić information content (AvgIpc) is 2.70. The second-order valence-corrected chi connectivity index (χ2v) is 7.40. The van der Waals surface area contributed by atoms with Crippen molar-refractivity contribution in [3.63, 3.8) is 0 Å². The van der Waals surface area contributed by atoms with Crippen LogP contribution in [0.1, 0.15) is 40.2 Å². The fourth-order valence-electron chi connectivity index (χ4n) is 3.88. The van der Waals surface area contributed by atoms with Crippen LogP contribution in [0.5, 0.6) is 0 Å². The van der Waals surface area contributed by atoms with Crippen LogP contribution in [0.3, 0.4) is 0 Å². The summed E-state index contributed by atoms with van der Waals surface area (Å²) in [6.45, 7) is 3.59. The van der Waals surface area contributed by atoms with Gasteiger partial charge in [-0.1, -0.05) is 29.8 Å². The molecule has 1 aliphatic rings. The quantitative estimate of drug-likeness (QED) is 0.704. The van der Waals surface area contributed by atoms with Crippen molar-refractivity contribution in [2.75, 3.05) is 13.1 Å².